The number of hydrogen-bond acceptors (Lipinski definition) is 4. The van der Waals surface area contributed by atoms with Gasteiger partial charge in [0.15, 0.2) is 11.5 Å². The largest absolute Gasteiger partial charge is 0.493 e. The van der Waals surface area contributed by atoms with Crippen molar-refractivity contribution in [2.75, 3.05) is 45.2 Å². The lowest BCUT2D eigenvalue weighted by molar-refractivity contribution is 0.205. The number of amides is 2. The van der Waals surface area contributed by atoms with Gasteiger partial charge in [-0.3, -0.25) is 9.80 Å². The third-order valence-electron chi connectivity index (χ3n) is 5.89. The number of benzene rings is 3. The molecule has 1 saturated heterocycles. The molecule has 0 atom stereocenters. The summed E-state index contributed by atoms with van der Waals surface area (Å²) >= 11 is 0. The number of anilines is 1. The Balaban J connectivity index is 1.36. The Morgan fingerprint density at radius 3 is 2.42 bits per heavy atom. The fourth-order valence-electron chi connectivity index (χ4n) is 4.09. The summed E-state index contributed by atoms with van der Waals surface area (Å²) in [7, 11) is 3.48. The zero-order chi connectivity index (χ0) is 23.0. The van der Waals surface area contributed by atoms with Gasteiger partial charge < -0.3 is 14.4 Å². The number of nitrogens with zero attached hydrogens (tertiary/aromatic N) is 3. The average molecular weight is 446 g/mol. The van der Waals surface area contributed by atoms with Crippen LogP contribution >= 0.6 is 0 Å². The molecule has 0 radical (unpaired) electrons. The topological polar surface area (TPSA) is 45.3 Å². The lowest BCUT2D eigenvalue weighted by Crippen LogP contribution is -2.43. The van der Waals surface area contributed by atoms with Crippen molar-refractivity contribution < 1.29 is 14.3 Å². The van der Waals surface area contributed by atoms with Crippen molar-refractivity contribution in [1.82, 2.24) is 9.80 Å². The maximum absolute atomic E-state index is 13.0. The second kappa shape index (κ2) is 10.9. The molecule has 0 N–H and O–H groups in total. The third kappa shape index (κ3) is 5.84. The first kappa shape index (κ1) is 22.7. The van der Waals surface area contributed by atoms with Crippen molar-refractivity contribution in [3.05, 3.63) is 84.4 Å². The Kier molecular flexibility index (Phi) is 7.47. The zero-order valence-corrected chi connectivity index (χ0v) is 19.3. The maximum Gasteiger partial charge on any atom is 0.324 e. The number of urea groups is 1. The molecule has 0 aromatic heterocycles. The average Bonchev–Trinajstić information content (AvgIpc) is 3.10. The van der Waals surface area contributed by atoms with E-state index in [0.29, 0.717) is 18.0 Å². The van der Waals surface area contributed by atoms with E-state index in [-0.39, 0.29) is 6.03 Å². The first-order valence-electron chi connectivity index (χ1n) is 11.3. The molecule has 6 nitrogen and oxygen atoms in total. The highest BCUT2D eigenvalue weighted by molar-refractivity contribution is 5.91. The van der Waals surface area contributed by atoms with E-state index in [1.165, 1.54) is 5.56 Å². The van der Waals surface area contributed by atoms with Crippen LogP contribution in [-0.2, 0) is 6.54 Å². The van der Waals surface area contributed by atoms with Crippen LogP contribution in [0.15, 0.2) is 78.9 Å². The Morgan fingerprint density at radius 2 is 1.64 bits per heavy atom. The molecule has 0 saturated carbocycles. The first-order valence-corrected chi connectivity index (χ1v) is 11.3. The van der Waals surface area contributed by atoms with Crippen LogP contribution < -0.4 is 14.4 Å². The summed E-state index contributed by atoms with van der Waals surface area (Å²) in [6, 6.07) is 25.6. The highest BCUT2D eigenvalue weighted by Crippen LogP contribution is 2.31. The zero-order valence-electron chi connectivity index (χ0n) is 19.3. The maximum atomic E-state index is 13.0. The lowest BCUT2D eigenvalue weighted by atomic mass is 10.2. The van der Waals surface area contributed by atoms with Gasteiger partial charge in [0.05, 0.1) is 7.11 Å². The van der Waals surface area contributed by atoms with Crippen molar-refractivity contribution in [1.29, 1.82) is 0 Å². The van der Waals surface area contributed by atoms with Gasteiger partial charge in [0.2, 0.25) is 0 Å². The molecule has 1 heterocycles. The second-order valence-corrected chi connectivity index (χ2v) is 8.19. The fraction of sp³-hybridized carbons (Fsp3) is 0.296. The van der Waals surface area contributed by atoms with Crippen LogP contribution in [0.5, 0.6) is 17.2 Å². The van der Waals surface area contributed by atoms with Crippen LogP contribution in [0.1, 0.15) is 12.0 Å². The van der Waals surface area contributed by atoms with Crippen molar-refractivity contribution in [3.63, 3.8) is 0 Å². The van der Waals surface area contributed by atoms with Gasteiger partial charge in [-0.25, -0.2) is 4.79 Å². The van der Waals surface area contributed by atoms with Crippen LogP contribution in [-0.4, -0.2) is 56.2 Å². The molecule has 0 aliphatic carbocycles. The molecule has 3 aromatic rings. The summed E-state index contributed by atoms with van der Waals surface area (Å²) in [5.74, 6) is 2.19. The van der Waals surface area contributed by atoms with Crippen molar-refractivity contribution in [3.8, 4) is 17.2 Å². The molecule has 6 heteroatoms. The Labute approximate surface area is 195 Å². The highest BCUT2D eigenvalue weighted by Gasteiger charge is 2.22. The smallest absolute Gasteiger partial charge is 0.324 e. The van der Waals surface area contributed by atoms with E-state index < -0.39 is 0 Å². The monoisotopic (exact) mass is 445 g/mol. The molecule has 172 valence electrons. The molecule has 1 aliphatic rings. The van der Waals surface area contributed by atoms with E-state index >= 15 is 0 Å². The van der Waals surface area contributed by atoms with Gasteiger partial charge in [0, 0.05) is 45.5 Å². The fourth-order valence-corrected chi connectivity index (χ4v) is 4.09. The van der Waals surface area contributed by atoms with Crippen molar-refractivity contribution in [2.45, 2.75) is 13.0 Å². The molecule has 4 rings (SSSR count). The number of methoxy groups -OCH3 is 1. The summed E-state index contributed by atoms with van der Waals surface area (Å²) in [5, 5.41) is 0. The molecule has 0 bridgehead atoms. The van der Waals surface area contributed by atoms with Crippen LogP contribution in [0.25, 0.3) is 0 Å². The number of rotatable bonds is 6. The van der Waals surface area contributed by atoms with Crippen LogP contribution in [0.2, 0.25) is 0 Å². The van der Waals surface area contributed by atoms with Gasteiger partial charge >= 0.3 is 6.03 Å². The number of para-hydroxylation sites is 3. The SMILES string of the molecule is COc1ccccc1Oc1cccc(CN2CCCN(C(=O)N(C)c3ccccc3)CC2)c1. The van der Waals surface area contributed by atoms with Crippen LogP contribution in [0, 0.1) is 0 Å². The number of carbonyl (C=O) groups excluding carboxylic acids is 1. The molecule has 0 spiro atoms. The first-order chi connectivity index (χ1) is 16.1. The van der Waals surface area contributed by atoms with E-state index in [9.17, 15) is 4.79 Å². The van der Waals surface area contributed by atoms with Gasteiger partial charge in [-0.15, -0.1) is 0 Å². The molecule has 1 fully saturated rings. The summed E-state index contributed by atoms with van der Waals surface area (Å²) in [6.45, 7) is 4.10. The molecule has 2 amide bonds. The predicted octanol–water partition coefficient (Wildman–Crippen LogP) is 5.25. The van der Waals surface area contributed by atoms with E-state index in [2.05, 4.69) is 17.0 Å². The van der Waals surface area contributed by atoms with Gasteiger partial charge in [-0.2, -0.15) is 0 Å². The van der Waals surface area contributed by atoms with Crippen molar-refractivity contribution >= 4 is 11.7 Å². The third-order valence-corrected chi connectivity index (χ3v) is 5.89. The normalized spacial score (nSPS) is 14.4. The van der Waals surface area contributed by atoms with E-state index in [4.69, 9.17) is 9.47 Å². The van der Waals surface area contributed by atoms with E-state index in [1.807, 2.05) is 78.7 Å². The summed E-state index contributed by atoms with van der Waals surface area (Å²) in [6.07, 6.45) is 0.950. The number of ether oxygens (including phenoxy) is 2. The van der Waals surface area contributed by atoms with Gasteiger partial charge in [0.1, 0.15) is 5.75 Å². The van der Waals surface area contributed by atoms with Gasteiger partial charge in [-0.1, -0.05) is 42.5 Å². The van der Waals surface area contributed by atoms with Crippen LogP contribution in [0.3, 0.4) is 0 Å². The quantitative estimate of drug-likeness (QED) is 0.520. The predicted molar refractivity (Wildman–Crippen MR) is 131 cm³/mol. The van der Waals surface area contributed by atoms with Crippen LogP contribution in [0.4, 0.5) is 10.5 Å². The highest BCUT2D eigenvalue weighted by atomic mass is 16.5. The van der Waals surface area contributed by atoms with Gasteiger partial charge in [-0.05, 0) is 48.4 Å². The standard InChI is InChI=1S/C27H31N3O3/c1-28(23-11-4-3-5-12-23)27(31)30-17-9-16-29(18-19-30)21-22-10-8-13-24(20-22)33-26-15-7-6-14-25(26)32-2/h3-8,10-15,20H,9,16-19,21H2,1-2H3. The minimum Gasteiger partial charge on any atom is -0.493 e. The second-order valence-electron chi connectivity index (χ2n) is 8.19. The molecule has 33 heavy (non-hydrogen) atoms. The summed E-state index contributed by atoms with van der Waals surface area (Å²) in [5.41, 5.74) is 2.10. The Morgan fingerprint density at radius 1 is 0.879 bits per heavy atom. The Hall–Kier alpha value is -3.51. The van der Waals surface area contributed by atoms with E-state index in [1.54, 1.807) is 12.0 Å². The minimum absolute atomic E-state index is 0.0512. The van der Waals surface area contributed by atoms with Gasteiger partial charge in [0.25, 0.3) is 0 Å². The van der Waals surface area contributed by atoms with E-state index in [0.717, 1.165) is 44.0 Å². The molecule has 1 aliphatic heterocycles. The molecule has 3 aromatic carbocycles. The summed E-state index contributed by atoms with van der Waals surface area (Å²) in [4.78, 5) is 19.1. The molecular formula is C27H31N3O3. The molecular weight excluding hydrogens is 414 g/mol. The minimum atomic E-state index is 0.0512. The number of carbonyl (C=O) groups is 1. The lowest BCUT2D eigenvalue weighted by Gasteiger charge is -2.27. The summed E-state index contributed by atoms with van der Waals surface area (Å²) < 4.78 is 11.5. The number of hydrogen-bond donors (Lipinski definition) is 0. The molecule has 0 unspecified atom stereocenters. The Bertz CT molecular complexity index is 1060. The van der Waals surface area contributed by atoms with Crippen molar-refractivity contribution in [2.24, 2.45) is 0 Å².